The summed E-state index contributed by atoms with van der Waals surface area (Å²) < 4.78 is 1.72. The first kappa shape index (κ1) is 14.2. The fraction of sp³-hybridized carbons (Fsp3) is 0.500. The molecule has 2 heterocycles. The first-order valence-electron chi connectivity index (χ1n) is 6.92. The Kier molecular flexibility index (Phi) is 3.77. The lowest BCUT2D eigenvalue weighted by molar-refractivity contribution is 0.0235. The number of nitrogens with zero attached hydrogens (tertiary/aromatic N) is 3. The average Bonchev–Trinajstić information content (AvgIpc) is 3.01. The van der Waals surface area contributed by atoms with Crippen LogP contribution >= 0.6 is 11.3 Å². The number of hydrogen-bond donors (Lipinski definition) is 2. The SMILES string of the molecule is Cc1ncsc1C(=O)N[C@@H](c1cnn(C)c1)C1CC(O)C1. The third-order valence-electron chi connectivity index (χ3n) is 3.94. The number of hydrogen-bond acceptors (Lipinski definition) is 5. The van der Waals surface area contributed by atoms with Crippen molar-refractivity contribution in [2.75, 3.05) is 0 Å². The van der Waals surface area contributed by atoms with Gasteiger partial charge in [0.1, 0.15) is 4.88 Å². The molecule has 6 nitrogen and oxygen atoms in total. The third-order valence-corrected chi connectivity index (χ3v) is 4.87. The zero-order valence-electron chi connectivity index (χ0n) is 12.0. The van der Waals surface area contributed by atoms with E-state index < -0.39 is 0 Å². The summed E-state index contributed by atoms with van der Waals surface area (Å²) in [7, 11) is 1.85. The van der Waals surface area contributed by atoms with Crippen molar-refractivity contribution in [3.05, 3.63) is 34.0 Å². The number of rotatable bonds is 4. The number of carbonyl (C=O) groups excluding carboxylic acids is 1. The fourth-order valence-electron chi connectivity index (χ4n) is 2.70. The molecule has 1 aliphatic rings. The quantitative estimate of drug-likeness (QED) is 0.895. The van der Waals surface area contributed by atoms with Crippen LogP contribution in [-0.2, 0) is 7.05 Å². The summed E-state index contributed by atoms with van der Waals surface area (Å²) in [6.45, 7) is 1.83. The second-order valence-corrected chi connectivity index (χ2v) is 6.41. The van der Waals surface area contributed by atoms with Crippen molar-refractivity contribution >= 4 is 17.2 Å². The van der Waals surface area contributed by atoms with Gasteiger partial charge in [-0.15, -0.1) is 11.3 Å². The highest BCUT2D eigenvalue weighted by atomic mass is 32.1. The number of thiazole rings is 1. The largest absolute Gasteiger partial charge is 0.393 e. The summed E-state index contributed by atoms with van der Waals surface area (Å²) in [5.41, 5.74) is 3.40. The molecule has 1 aliphatic carbocycles. The molecule has 0 aliphatic heterocycles. The highest BCUT2D eigenvalue weighted by Crippen LogP contribution is 2.38. The predicted molar refractivity (Wildman–Crippen MR) is 79.0 cm³/mol. The van der Waals surface area contributed by atoms with Gasteiger partial charge in [0.05, 0.1) is 29.5 Å². The van der Waals surface area contributed by atoms with E-state index in [1.165, 1.54) is 11.3 Å². The second kappa shape index (κ2) is 5.57. The zero-order valence-corrected chi connectivity index (χ0v) is 12.8. The van der Waals surface area contributed by atoms with Gasteiger partial charge in [0.15, 0.2) is 0 Å². The lowest BCUT2D eigenvalue weighted by atomic mass is 9.75. The Bertz CT molecular complexity index is 645. The van der Waals surface area contributed by atoms with E-state index in [4.69, 9.17) is 0 Å². The molecule has 2 N–H and O–H groups in total. The Morgan fingerprint density at radius 1 is 1.57 bits per heavy atom. The molecule has 1 fully saturated rings. The van der Waals surface area contributed by atoms with Gasteiger partial charge in [0, 0.05) is 18.8 Å². The van der Waals surface area contributed by atoms with Gasteiger partial charge in [0.25, 0.3) is 5.91 Å². The van der Waals surface area contributed by atoms with Crippen LogP contribution in [0.1, 0.15) is 39.8 Å². The summed E-state index contributed by atoms with van der Waals surface area (Å²) in [6.07, 6.45) is 4.85. The zero-order chi connectivity index (χ0) is 15.0. The number of aliphatic hydroxyl groups excluding tert-OH is 1. The molecule has 1 atom stereocenters. The van der Waals surface area contributed by atoms with E-state index in [9.17, 15) is 9.90 Å². The number of nitrogens with one attached hydrogen (secondary N) is 1. The minimum absolute atomic E-state index is 0.106. The highest BCUT2D eigenvalue weighted by Gasteiger charge is 2.36. The average molecular weight is 306 g/mol. The summed E-state index contributed by atoms with van der Waals surface area (Å²) in [6, 6.07) is -0.115. The maximum absolute atomic E-state index is 12.4. The third kappa shape index (κ3) is 2.84. The number of aromatic nitrogens is 3. The first-order valence-corrected chi connectivity index (χ1v) is 7.80. The van der Waals surface area contributed by atoms with E-state index in [0.29, 0.717) is 17.7 Å². The molecule has 112 valence electrons. The van der Waals surface area contributed by atoms with Crippen LogP contribution in [0.4, 0.5) is 0 Å². The van der Waals surface area contributed by atoms with Gasteiger partial charge in [-0.2, -0.15) is 5.10 Å². The molecule has 0 saturated heterocycles. The Balaban J connectivity index is 1.79. The highest BCUT2D eigenvalue weighted by molar-refractivity contribution is 7.11. The minimum Gasteiger partial charge on any atom is -0.393 e. The Morgan fingerprint density at radius 2 is 2.33 bits per heavy atom. The van der Waals surface area contributed by atoms with E-state index in [1.807, 2.05) is 20.2 Å². The van der Waals surface area contributed by atoms with Crippen LogP contribution in [0.5, 0.6) is 0 Å². The fourth-order valence-corrected chi connectivity index (χ4v) is 3.41. The molecule has 7 heteroatoms. The molecule has 2 aromatic heterocycles. The predicted octanol–water partition coefficient (Wildman–Crippen LogP) is 1.43. The summed E-state index contributed by atoms with van der Waals surface area (Å²) >= 11 is 1.34. The molecule has 0 bridgehead atoms. The van der Waals surface area contributed by atoms with Crippen molar-refractivity contribution in [3.63, 3.8) is 0 Å². The first-order chi connectivity index (χ1) is 10.0. The molecule has 0 aromatic carbocycles. The molecule has 2 aromatic rings. The van der Waals surface area contributed by atoms with Gasteiger partial charge in [-0.3, -0.25) is 9.48 Å². The van der Waals surface area contributed by atoms with E-state index >= 15 is 0 Å². The van der Waals surface area contributed by atoms with Crippen molar-refractivity contribution in [1.29, 1.82) is 0 Å². The molecule has 1 amide bonds. The van der Waals surface area contributed by atoms with Crippen molar-refractivity contribution in [3.8, 4) is 0 Å². The molecule has 0 spiro atoms. The van der Waals surface area contributed by atoms with Crippen molar-refractivity contribution < 1.29 is 9.90 Å². The molecular formula is C14H18N4O2S. The van der Waals surface area contributed by atoms with Crippen molar-refractivity contribution in [1.82, 2.24) is 20.1 Å². The summed E-state index contributed by atoms with van der Waals surface area (Å²) in [4.78, 5) is 17.2. The molecule has 0 radical (unpaired) electrons. The van der Waals surface area contributed by atoms with Crippen LogP contribution < -0.4 is 5.32 Å². The Labute approximate surface area is 126 Å². The van der Waals surface area contributed by atoms with E-state index in [-0.39, 0.29) is 24.0 Å². The topological polar surface area (TPSA) is 80.0 Å². The monoisotopic (exact) mass is 306 g/mol. The molecule has 3 rings (SSSR count). The van der Waals surface area contributed by atoms with Crippen LogP contribution in [-0.4, -0.2) is 31.9 Å². The normalized spacial score (nSPS) is 22.6. The number of aryl methyl sites for hydroxylation is 2. The van der Waals surface area contributed by atoms with Gasteiger partial charge in [-0.05, 0) is 25.7 Å². The minimum atomic E-state index is -0.254. The van der Waals surface area contributed by atoms with Gasteiger partial charge >= 0.3 is 0 Å². The lowest BCUT2D eigenvalue weighted by Crippen LogP contribution is -2.41. The maximum atomic E-state index is 12.4. The summed E-state index contributed by atoms with van der Waals surface area (Å²) in [5, 5.41) is 16.8. The van der Waals surface area contributed by atoms with Crippen LogP contribution in [0, 0.1) is 12.8 Å². The standard InChI is InChI=1S/C14H18N4O2S/c1-8-13(21-7-15-8)14(20)17-12(9-3-11(19)4-9)10-5-16-18(2)6-10/h5-7,9,11-12,19H,3-4H2,1-2H3,(H,17,20)/t9?,11?,12-/m1/s1. The molecule has 21 heavy (non-hydrogen) atoms. The van der Waals surface area contributed by atoms with Crippen molar-refractivity contribution in [2.45, 2.75) is 31.9 Å². The van der Waals surface area contributed by atoms with Crippen LogP contribution in [0.25, 0.3) is 0 Å². The van der Waals surface area contributed by atoms with Gasteiger partial charge in [0.2, 0.25) is 0 Å². The smallest absolute Gasteiger partial charge is 0.263 e. The lowest BCUT2D eigenvalue weighted by Gasteiger charge is -2.37. The van der Waals surface area contributed by atoms with Gasteiger partial charge in [-0.25, -0.2) is 4.98 Å². The Morgan fingerprint density at radius 3 is 2.86 bits per heavy atom. The number of amides is 1. The molecule has 1 saturated carbocycles. The number of carbonyl (C=O) groups is 1. The van der Waals surface area contributed by atoms with Gasteiger partial charge < -0.3 is 10.4 Å². The van der Waals surface area contributed by atoms with E-state index in [1.54, 1.807) is 16.4 Å². The summed E-state index contributed by atoms with van der Waals surface area (Å²) in [5.74, 6) is 0.145. The van der Waals surface area contributed by atoms with Gasteiger partial charge in [-0.1, -0.05) is 0 Å². The molecular weight excluding hydrogens is 288 g/mol. The van der Waals surface area contributed by atoms with Crippen molar-refractivity contribution in [2.24, 2.45) is 13.0 Å². The Hall–Kier alpha value is -1.73. The molecule has 0 unspecified atom stereocenters. The van der Waals surface area contributed by atoms with Crippen LogP contribution in [0.15, 0.2) is 17.9 Å². The van der Waals surface area contributed by atoms with Crippen LogP contribution in [0.2, 0.25) is 0 Å². The van der Waals surface area contributed by atoms with E-state index in [0.717, 1.165) is 11.3 Å². The maximum Gasteiger partial charge on any atom is 0.263 e. The number of aliphatic hydroxyl groups is 1. The second-order valence-electron chi connectivity index (χ2n) is 5.55. The van der Waals surface area contributed by atoms with Crippen LogP contribution in [0.3, 0.4) is 0 Å². The van der Waals surface area contributed by atoms with E-state index in [2.05, 4.69) is 15.4 Å².